The Balaban J connectivity index is 3.04. The molecule has 1 aromatic carbocycles. The van der Waals surface area contributed by atoms with Crippen LogP contribution in [-0.2, 0) is 4.79 Å². The van der Waals surface area contributed by atoms with Crippen molar-refractivity contribution < 1.29 is 4.79 Å². The summed E-state index contributed by atoms with van der Waals surface area (Å²) in [5.74, 6) is -0.101. The van der Waals surface area contributed by atoms with Gasteiger partial charge in [-0.1, -0.05) is 12.1 Å². The van der Waals surface area contributed by atoms with Gasteiger partial charge in [-0.25, -0.2) is 0 Å². The molecule has 0 atom stereocenters. The van der Waals surface area contributed by atoms with Crippen LogP contribution in [-0.4, -0.2) is 5.91 Å². The number of carbonyl (C=O) groups excluding carboxylic acids is 1. The second-order valence-corrected chi connectivity index (χ2v) is 2.72. The van der Waals surface area contributed by atoms with Gasteiger partial charge in [-0.05, 0) is 18.6 Å². The molecule has 0 heterocycles. The Bertz CT molecular complexity index is 287. The highest BCUT2D eigenvalue weighted by atomic mass is 16.1. The quantitative estimate of drug-likeness (QED) is 0.618. The van der Waals surface area contributed by atoms with Crippen molar-refractivity contribution in [2.24, 2.45) is 0 Å². The number of hydrogen-bond donors (Lipinski definition) is 2. The van der Waals surface area contributed by atoms with E-state index >= 15 is 0 Å². The maximum absolute atomic E-state index is 10.8. The van der Waals surface area contributed by atoms with Crippen molar-refractivity contribution in [2.45, 2.75) is 13.8 Å². The normalized spacial score (nSPS) is 9.50. The van der Waals surface area contributed by atoms with Crippen molar-refractivity contribution in [3.63, 3.8) is 0 Å². The van der Waals surface area contributed by atoms with Gasteiger partial charge in [0.05, 0.1) is 11.4 Å². The zero-order valence-corrected chi connectivity index (χ0v) is 7.22. The van der Waals surface area contributed by atoms with Crippen LogP contribution in [0, 0.1) is 6.92 Å². The standard InChI is InChI=1S/C9H12N2O/c1-6-4-3-5-8(10)9(6)11-7(2)12/h3-5H,10H2,1-2H3,(H,11,12). The molecule has 64 valence electrons. The Hall–Kier alpha value is -1.51. The van der Waals surface area contributed by atoms with Crippen molar-refractivity contribution >= 4 is 17.3 Å². The van der Waals surface area contributed by atoms with Gasteiger partial charge in [0.2, 0.25) is 5.91 Å². The number of amides is 1. The van der Waals surface area contributed by atoms with Crippen LogP contribution in [0.3, 0.4) is 0 Å². The van der Waals surface area contributed by atoms with Crippen LogP contribution in [0.1, 0.15) is 12.5 Å². The molecule has 0 aliphatic rings. The molecular formula is C9H12N2O. The minimum atomic E-state index is -0.101. The smallest absolute Gasteiger partial charge is 0.221 e. The Kier molecular flexibility index (Phi) is 2.33. The number of nitrogens with one attached hydrogen (secondary N) is 1. The first-order valence-electron chi connectivity index (χ1n) is 3.74. The summed E-state index contributed by atoms with van der Waals surface area (Å²) in [6, 6.07) is 5.52. The van der Waals surface area contributed by atoms with E-state index < -0.39 is 0 Å². The average molecular weight is 164 g/mol. The molecule has 3 nitrogen and oxygen atoms in total. The van der Waals surface area contributed by atoms with Gasteiger partial charge in [-0.3, -0.25) is 4.79 Å². The van der Waals surface area contributed by atoms with Gasteiger partial charge in [0.25, 0.3) is 0 Å². The molecule has 12 heavy (non-hydrogen) atoms. The molecule has 1 amide bonds. The van der Waals surface area contributed by atoms with Gasteiger partial charge in [0.1, 0.15) is 0 Å². The number of rotatable bonds is 1. The highest BCUT2D eigenvalue weighted by Gasteiger charge is 2.02. The number of para-hydroxylation sites is 1. The van der Waals surface area contributed by atoms with Crippen molar-refractivity contribution in [1.82, 2.24) is 0 Å². The molecule has 1 aromatic rings. The largest absolute Gasteiger partial charge is 0.397 e. The second-order valence-electron chi connectivity index (χ2n) is 2.72. The first kappa shape index (κ1) is 8.59. The number of carbonyl (C=O) groups is 1. The Labute approximate surface area is 71.6 Å². The molecule has 0 fully saturated rings. The Morgan fingerprint density at radius 2 is 2.17 bits per heavy atom. The summed E-state index contributed by atoms with van der Waals surface area (Å²) >= 11 is 0. The van der Waals surface area contributed by atoms with Crippen LogP contribution < -0.4 is 11.1 Å². The first-order valence-corrected chi connectivity index (χ1v) is 3.74. The topological polar surface area (TPSA) is 55.1 Å². The molecule has 0 aliphatic heterocycles. The van der Waals surface area contributed by atoms with Crippen LogP contribution in [0.15, 0.2) is 18.2 Å². The van der Waals surface area contributed by atoms with E-state index in [1.165, 1.54) is 6.92 Å². The number of aryl methyl sites for hydroxylation is 1. The molecule has 0 bridgehead atoms. The molecule has 1 rings (SSSR count). The molecule has 0 spiro atoms. The van der Waals surface area contributed by atoms with E-state index in [4.69, 9.17) is 5.73 Å². The zero-order valence-electron chi connectivity index (χ0n) is 7.22. The molecule has 0 saturated carbocycles. The summed E-state index contributed by atoms with van der Waals surface area (Å²) in [7, 11) is 0. The van der Waals surface area contributed by atoms with Gasteiger partial charge >= 0.3 is 0 Å². The van der Waals surface area contributed by atoms with E-state index in [0.29, 0.717) is 11.4 Å². The third-order valence-electron chi connectivity index (χ3n) is 1.61. The maximum atomic E-state index is 10.8. The lowest BCUT2D eigenvalue weighted by molar-refractivity contribution is -0.114. The lowest BCUT2D eigenvalue weighted by Crippen LogP contribution is -2.09. The molecule has 3 heteroatoms. The summed E-state index contributed by atoms with van der Waals surface area (Å²) in [6.45, 7) is 3.37. The number of nitrogen functional groups attached to an aromatic ring is 1. The number of anilines is 2. The van der Waals surface area contributed by atoms with Crippen molar-refractivity contribution in [3.05, 3.63) is 23.8 Å². The summed E-state index contributed by atoms with van der Waals surface area (Å²) in [5.41, 5.74) is 7.95. The average Bonchev–Trinajstić information content (AvgIpc) is 1.97. The highest BCUT2D eigenvalue weighted by Crippen LogP contribution is 2.21. The van der Waals surface area contributed by atoms with E-state index in [2.05, 4.69) is 5.32 Å². The Morgan fingerprint density at radius 1 is 1.50 bits per heavy atom. The van der Waals surface area contributed by atoms with Crippen molar-refractivity contribution in [3.8, 4) is 0 Å². The molecule has 3 N–H and O–H groups in total. The predicted molar refractivity (Wildman–Crippen MR) is 49.9 cm³/mol. The zero-order chi connectivity index (χ0) is 9.14. The van der Waals surface area contributed by atoms with E-state index in [0.717, 1.165) is 5.56 Å². The molecular weight excluding hydrogens is 152 g/mol. The van der Waals surface area contributed by atoms with Crippen LogP contribution in [0.5, 0.6) is 0 Å². The summed E-state index contributed by atoms with van der Waals surface area (Å²) in [6.07, 6.45) is 0. The van der Waals surface area contributed by atoms with E-state index in [1.54, 1.807) is 6.07 Å². The minimum Gasteiger partial charge on any atom is -0.397 e. The third-order valence-corrected chi connectivity index (χ3v) is 1.61. The fourth-order valence-electron chi connectivity index (χ4n) is 1.04. The lowest BCUT2D eigenvalue weighted by atomic mass is 10.1. The lowest BCUT2D eigenvalue weighted by Gasteiger charge is -2.08. The predicted octanol–water partition coefficient (Wildman–Crippen LogP) is 1.54. The first-order chi connectivity index (χ1) is 5.61. The minimum absolute atomic E-state index is 0.101. The Morgan fingerprint density at radius 3 is 2.67 bits per heavy atom. The SMILES string of the molecule is CC(=O)Nc1c(C)cccc1N. The van der Waals surface area contributed by atoms with Crippen molar-refractivity contribution in [2.75, 3.05) is 11.1 Å². The summed E-state index contributed by atoms with van der Waals surface area (Å²) in [4.78, 5) is 10.8. The number of nitrogens with two attached hydrogens (primary N) is 1. The molecule has 0 radical (unpaired) electrons. The van der Waals surface area contributed by atoms with E-state index in [1.807, 2.05) is 19.1 Å². The number of hydrogen-bond acceptors (Lipinski definition) is 2. The van der Waals surface area contributed by atoms with Crippen LogP contribution >= 0.6 is 0 Å². The van der Waals surface area contributed by atoms with Gasteiger partial charge < -0.3 is 11.1 Å². The number of benzene rings is 1. The summed E-state index contributed by atoms with van der Waals surface area (Å²) < 4.78 is 0. The third kappa shape index (κ3) is 1.75. The van der Waals surface area contributed by atoms with Gasteiger partial charge in [0.15, 0.2) is 0 Å². The monoisotopic (exact) mass is 164 g/mol. The molecule has 0 saturated heterocycles. The molecule has 0 aromatic heterocycles. The van der Waals surface area contributed by atoms with Gasteiger partial charge in [-0.2, -0.15) is 0 Å². The van der Waals surface area contributed by atoms with Crippen molar-refractivity contribution in [1.29, 1.82) is 0 Å². The maximum Gasteiger partial charge on any atom is 0.221 e. The van der Waals surface area contributed by atoms with Crippen LogP contribution in [0.25, 0.3) is 0 Å². The van der Waals surface area contributed by atoms with Crippen LogP contribution in [0.2, 0.25) is 0 Å². The fourth-order valence-corrected chi connectivity index (χ4v) is 1.04. The van der Waals surface area contributed by atoms with Gasteiger partial charge in [0, 0.05) is 6.92 Å². The van der Waals surface area contributed by atoms with E-state index in [9.17, 15) is 4.79 Å². The van der Waals surface area contributed by atoms with E-state index in [-0.39, 0.29) is 5.91 Å². The van der Waals surface area contributed by atoms with Crippen LogP contribution in [0.4, 0.5) is 11.4 Å². The highest BCUT2D eigenvalue weighted by molar-refractivity contribution is 5.93. The molecule has 0 aliphatic carbocycles. The second kappa shape index (κ2) is 3.26. The molecule has 0 unspecified atom stereocenters. The fraction of sp³-hybridized carbons (Fsp3) is 0.222. The summed E-state index contributed by atoms with van der Waals surface area (Å²) in [5, 5.41) is 2.68. The van der Waals surface area contributed by atoms with Gasteiger partial charge in [-0.15, -0.1) is 0 Å².